The summed E-state index contributed by atoms with van der Waals surface area (Å²) >= 11 is 0. The van der Waals surface area contributed by atoms with Crippen molar-refractivity contribution < 1.29 is 13.2 Å². The second-order valence-corrected chi connectivity index (χ2v) is 8.26. The van der Waals surface area contributed by atoms with Crippen LogP contribution in [0.15, 0.2) is 17.0 Å². The first-order valence-corrected chi connectivity index (χ1v) is 10.7. The summed E-state index contributed by atoms with van der Waals surface area (Å²) in [6.07, 6.45) is 0.785. The second kappa shape index (κ2) is 10.1. The van der Waals surface area contributed by atoms with E-state index < -0.39 is 10.0 Å². The number of nitrogens with one attached hydrogen (secondary N) is 1. The van der Waals surface area contributed by atoms with Gasteiger partial charge in [-0.15, -0.1) is 0 Å². The lowest BCUT2D eigenvalue weighted by Gasteiger charge is -2.19. The molecule has 0 heterocycles. The smallest absolute Gasteiger partial charge is 0.244 e. The molecule has 1 aromatic rings. The largest absolute Gasteiger partial charge is 0.492 e. The van der Waals surface area contributed by atoms with Gasteiger partial charge in [0.2, 0.25) is 10.0 Å². The van der Waals surface area contributed by atoms with Crippen LogP contribution in [0.25, 0.3) is 0 Å². The lowest BCUT2D eigenvalue weighted by Crippen LogP contribution is -2.30. The van der Waals surface area contributed by atoms with Gasteiger partial charge < -0.3 is 9.64 Å². The van der Waals surface area contributed by atoms with Crippen LogP contribution in [-0.4, -0.2) is 46.1 Å². The summed E-state index contributed by atoms with van der Waals surface area (Å²) < 4.78 is 33.9. The lowest BCUT2D eigenvalue weighted by atomic mass is 9.98. The van der Waals surface area contributed by atoms with Crippen molar-refractivity contribution in [1.29, 1.82) is 0 Å². The van der Waals surface area contributed by atoms with Crippen molar-refractivity contribution in [3.63, 3.8) is 0 Å². The van der Waals surface area contributed by atoms with Gasteiger partial charge >= 0.3 is 0 Å². The summed E-state index contributed by atoms with van der Waals surface area (Å²) in [4.78, 5) is 2.52. The second-order valence-electron chi connectivity index (χ2n) is 6.52. The zero-order valence-corrected chi connectivity index (χ0v) is 17.4. The number of aryl methyl sites for hydroxylation is 1. The van der Waals surface area contributed by atoms with Crippen LogP contribution in [0.1, 0.15) is 58.1 Å². The molecule has 0 spiro atoms. The predicted molar refractivity (Wildman–Crippen MR) is 104 cm³/mol. The van der Waals surface area contributed by atoms with Gasteiger partial charge in [0.15, 0.2) is 0 Å². The van der Waals surface area contributed by atoms with Crippen LogP contribution < -0.4 is 9.46 Å². The van der Waals surface area contributed by atoms with Gasteiger partial charge in [-0.25, -0.2) is 13.1 Å². The van der Waals surface area contributed by atoms with Crippen molar-refractivity contribution in [3.8, 4) is 5.75 Å². The normalized spacial score (nSPS) is 12.2. The fourth-order valence-corrected chi connectivity index (χ4v) is 4.14. The quantitative estimate of drug-likeness (QED) is 0.606. The highest BCUT2D eigenvalue weighted by molar-refractivity contribution is 7.89. The summed E-state index contributed by atoms with van der Waals surface area (Å²) in [6, 6.07) is 3.60. The lowest BCUT2D eigenvalue weighted by molar-refractivity contribution is 0.300. The van der Waals surface area contributed by atoms with Gasteiger partial charge in [0.25, 0.3) is 0 Å². The average Bonchev–Trinajstić information content (AvgIpc) is 2.54. The number of sulfonamides is 1. The SMILES string of the molecule is CCOc1cc(C)c(C(C)C)cc1S(=O)(=O)NCCCN(CC)CC. The van der Waals surface area contributed by atoms with Gasteiger partial charge in [-0.05, 0) is 69.1 Å². The number of benzene rings is 1. The number of nitrogens with zero attached hydrogens (tertiary/aromatic N) is 1. The van der Waals surface area contributed by atoms with Crippen molar-refractivity contribution >= 4 is 10.0 Å². The molecule has 1 N–H and O–H groups in total. The highest BCUT2D eigenvalue weighted by Gasteiger charge is 2.22. The predicted octanol–water partition coefficient (Wildman–Crippen LogP) is 3.53. The Kier molecular flexibility index (Phi) is 8.89. The third-order valence-corrected chi connectivity index (χ3v) is 5.86. The molecule has 0 aromatic heterocycles. The van der Waals surface area contributed by atoms with E-state index in [1.807, 2.05) is 19.9 Å². The maximum absolute atomic E-state index is 12.8. The molecule has 0 aliphatic rings. The van der Waals surface area contributed by atoms with Gasteiger partial charge in [-0.2, -0.15) is 0 Å². The van der Waals surface area contributed by atoms with Crippen LogP contribution in [0.2, 0.25) is 0 Å². The van der Waals surface area contributed by atoms with E-state index in [1.54, 1.807) is 6.07 Å². The first-order valence-electron chi connectivity index (χ1n) is 9.26. The Hall–Kier alpha value is -1.11. The molecule has 1 rings (SSSR count). The summed E-state index contributed by atoms with van der Waals surface area (Å²) in [5.74, 6) is 0.688. The molecular weight excluding hydrogens is 336 g/mol. The number of hydrogen-bond donors (Lipinski definition) is 1. The molecular formula is C19H34N2O3S. The Balaban J connectivity index is 2.96. The van der Waals surface area contributed by atoms with E-state index in [-0.39, 0.29) is 10.8 Å². The monoisotopic (exact) mass is 370 g/mol. The zero-order chi connectivity index (χ0) is 19.0. The Morgan fingerprint density at radius 2 is 1.80 bits per heavy atom. The number of ether oxygens (including phenoxy) is 1. The van der Waals surface area contributed by atoms with E-state index in [0.29, 0.717) is 18.9 Å². The zero-order valence-electron chi connectivity index (χ0n) is 16.6. The van der Waals surface area contributed by atoms with Gasteiger partial charge in [0.05, 0.1) is 6.61 Å². The van der Waals surface area contributed by atoms with E-state index in [4.69, 9.17) is 4.74 Å². The van der Waals surface area contributed by atoms with Crippen molar-refractivity contribution in [2.45, 2.75) is 58.8 Å². The highest BCUT2D eigenvalue weighted by Crippen LogP contribution is 2.31. The van der Waals surface area contributed by atoms with Crippen molar-refractivity contribution in [1.82, 2.24) is 9.62 Å². The van der Waals surface area contributed by atoms with Gasteiger partial charge in [-0.1, -0.05) is 27.7 Å². The third-order valence-electron chi connectivity index (χ3n) is 4.38. The van der Waals surface area contributed by atoms with Crippen molar-refractivity contribution in [2.75, 3.05) is 32.8 Å². The van der Waals surface area contributed by atoms with Gasteiger partial charge in [0, 0.05) is 6.54 Å². The Morgan fingerprint density at radius 3 is 2.32 bits per heavy atom. The Labute approximate surface area is 153 Å². The maximum atomic E-state index is 12.8. The highest BCUT2D eigenvalue weighted by atomic mass is 32.2. The third kappa shape index (κ3) is 6.28. The first kappa shape index (κ1) is 21.9. The number of rotatable bonds is 11. The summed E-state index contributed by atoms with van der Waals surface area (Å²) in [5.41, 5.74) is 2.09. The first-order chi connectivity index (χ1) is 11.8. The molecule has 0 aliphatic carbocycles. The molecule has 0 atom stereocenters. The Morgan fingerprint density at radius 1 is 1.16 bits per heavy atom. The van der Waals surface area contributed by atoms with E-state index in [2.05, 4.69) is 37.3 Å². The average molecular weight is 371 g/mol. The van der Waals surface area contributed by atoms with Crippen LogP contribution >= 0.6 is 0 Å². The molecule has 0 amide bonds. The molecule has 25 heavy (non-hydrogen) atoms. The number of hydrogen-bond acceptors (Lipinski definition) is 4. The molecule has 6 heteroatoms. The van der Waals surface area contributed by atoms with Crippen LogP contribution in [0, 0.1) is 6.92 Å². The molecule has 0 saturated heterocycles. The standard InChI is InChI=1S/C19H34N2O3S/c1-7-21(8-2)12-10-11-20-25(22,23)19-14-17(15(4)5)16(6)13-18(19)24-9-3/h13-15,20H,7-12H2,1-6H3. The van der Waals surface area contributed by atoms with Crippen LogP contribution in [0.4, 0.5) is 0 Å². The van der Waals surface area contributed by atoms with E-state index >= 15 is 0 Å². The topological polar surface area (TPSA) is 58.6 Å². The molecule has 0 aliphatic heterocycles. The van der Waals surface area contributed by atoms with E-state index in [9.17, 15) is 8.42 Å². The van der Waals surface area contributed by atoms with E-state index in [1.165, 1.54) is 0 Å². The van der Waals surface area contributed by atoms with Crippen molar-refractivity contribution in [2.24, 2.45) is 0 Å². The summed E-state index contributed by atoms with van der Waals surface area (Å²) in [5, 5.41) is 0. The molecule has 144 valence electrons. The van der Waals surface area contributed by atoms with Crippen LogP contribution in [-0.2, 0) is 10.0 Å². The van der Waals surface area contributed by atoms with Gasteiger partial charge in [0.1, 0.15) is 10.6 Å². The van der Waals surface area contributed by atoms with Crippen LogP contribution in [0.5, 0.6) is 5.75 Å². The molecule has 0 bridgehead atoms. The summed E-state index contributed by atoms with van der Waals surface area (Å²) in [6.45, 7) is 15.9. The molecule has 0 unspecified atom stereocenters. The Bertz CT molecular complexity index is 638. The molecule has 5 nitrogen and oxygen atoms in total. The van der Waals surface area contributed by atoms with E-state index in [0.717, 1.165) is 37.2 Å². The fraction of sp³-hybridized carbons (Fsp3) is 0.684. The van der Waals surface area contributed by atoms with Crippen molar-refractivity contribution in [3.05, 3.63) is 23.3 Å². The fourth-order valence-electron chi connectivity index (χ4n) is 2.90. The van der Waals surface area contributed by atoms with Crippen LogP contribution in [0.3, 0.4) is 0 Å². The minimum atomic E-state index is -3.59. The minimum Gasteiger partial charge on any atom is -0.492 e. The van der Waals surface area contributed by atoms with Gasteiger partial charge in [-0.3, -0.25) is 0 Å². The summed E-state index contributed by atoms with van der Waals surface area (Å²) in [7, 11) is -3.59. The molecule has 0 saturated carbocycles. The molecule has 0 radical (unpaired) electrons. The molecule has 0 fully saturated rings. The maximum Gasteiger partial charge on any atom is 0.244 e. The molecule has 1 aromatic carbocycles. The minimum absolute atomic E-state index is 0.242.